The van der Waals surface area contributed by atoms with E-state index in [0.717, 1.165) is 16.8 Å². The average molecular weight is 349 g/mol. The zero-order valence-corrected chi connectivity index (χ0v) is 14.6. The van der Waals surface area contributed by atoms with Crippen LogP contribution in [0.5, 0.6) is 0 Å². The van der Waals surface area contributed by atoms with Gasteiger partial charge < -0.3 is 15.1 Å². The predicted molar refractivity (Wildman–Crippen MR) is 98.0 cm³/mol. The van der Waals surface area contributed by atoms with Gasteiger partial charge in [-0.3, -0.25) is 14.6 Å². The Morgan fingerprint density at radius 2 is 1.81 bits per heavy atom. The maximum absolute atomic E-state index is 12.5. The van der Waals surface area contributed by atoms with E-state index < -0.39 is 0 Å². The van der Waals surface area contributed by atoms with Crippen LogP contribution >= 0.6 is 0 Å². The van der Waals surface area contributed by atoms with E-state index in [-0.39, 0.29) is 24.1 Å². The quantitative estimate of drug-likeness (QED) is 0.739. The molecular formula is C20H19N3O3. The van der Waals surface area contributed by atoms with Crippen molar-refractivity contribution in [2.45, 2.75) is 20.4 Å². The zero-order chi connectivity index (χ0) is 18.5. The number of benzene rings is 1. The summed E-state index contributed by atoms with van der Waals surface area (Å²) < 4.78 is 5.18. The lowest BCUT2D eigenvalue weighted by molar-refractivity contribution is 0.0948. The number of aromatic nitrogens is 1. The van der Waals surface area contributed by atoms with Crippen molar-refractivity contribution in [3.8, 4) is 0 Å². The van der Waals surface area contributed by atoms with Crippen LogP contribution in [0.2, 0.25) is 0 Å². The summed E-state index contributed by atoms with van der Waals surface area (Å²) in [6.45, 7) is 4.13. The Morgan fingerprint density at radius 1 is 1.04 bits per heavy atom. The Labute approximate surface area is 151 Å². The van der Waals surface area contributed by atoms with Gasteiger partial charge in [0.1, 0.15) is 11.5 Å². The van der Waals surface area contributed by atoms with E-state index >= 15 is 0 Å². The number of anilines is 1. The molecule has 0 aliphatic rings. The molecule has 0 aliphatic heterocycles. The molecule has 2 amide bonds. The third-order valence-corrected chi connectivity index (χ3v) is 3.98. The molecular weight excluding hydrogens is 330 g/mol. The molecule has 0 saturated heterocycles. The summed E-state index contributed by atoms with van der Waals surface area (Å²) in [7, 11) is 0. The van der Waals surface area contributed by atoms with Gasteiger partial charge in [-0.25, -0.2) is 0 Å². The minimum absolute atomic E-state index is 0.179. The fraction of sp³-hybridized carbons (Fsp3) is 0.150. The second-order valence-corrected chi connectivity index (χ2v) is 5.91. The average Bonchev–Trinajstić information content (AvgIpc) is 3.16. The van der Waals surface area contributed by atoms with E-state index in [1.54, 1.807) is 24.5 Å². The molecule has 0 fully saturated rings. The second kappa shape index (κ2) is 7.65. The topological polar surface area (TPSA) is 84.2 Å². The number of aryl methyl sites for hydroxylation is 2. The molecule has 0 unspecified atom stereocenters. The molecule has 6 nitrogen and oxygen atoms in total. The molecule has 3 aromatic rings. The number of pyridine rings is 1. The number of carbonyl (C=O) groups excluding carboxylic acids is 2. The molecule has 3 rings (SSSR count). The first-order valence-electron chi connectivity index (χ1n) is 8.19. The van der Waals surface area contributed by atoms with Crippen LogP contribution in [-0.4, -0.2) is 16.8 Å². The number of para-hydroxylation sites is 1. The molecule has 2 N–H and O–H groups in total. The van der Waals surface area contributed by atoms with Crippen molar-refractivity contribution in [1.29, 1.82) is 0 Å². The summed E-state index contributed by atoms with van der Waals surface area (Å²) in [5.74, 6) is -0.00610. The van der Waals surface area contributed by atoms with Crippen LogP contribution in [0.1, 0.15) is 37.7 Å². The van der Waals surface area contributed by atoms with Crippen molar-refractivity contribution in [2.75, 3.05) is 5.32 Å². The first kappa shape index (κ1) is 17.4. The standard InChI is InChI=1S/C20H19N3O3/c1-13-5-3-6-14(2)18(13)23-20(25)17-11-15(8-9-21-17)19(24)22-12-16-7-4-10-26-16/h3-11H,12H2,1-2H3,(H,22,24)(H,23,25). The van der Waals surface area contributed by atoms with Crippen LogP contribution < -0.4 is 10.6 Å². The molecule has 26 heavy (non-hydrogen) atoms. The Kier molecular flexibility index (Phi) is 5.12. The van der Waals surface area contributed by atoms with Gasteiger partial charge in [0.15, 0.2) is 0 Å². The molecule has 2 heterocycles. The summed E-state index contributed by atoms with van der Waals surface area (Å²) >= 11 is 0. The number of amides is 2. The van der Waals surface area contributed by atoms with Crippen LogP contribution in [-0.2, 0) is 6.54 Å². The van der Waals surface area contributed by atoms with Gasteiger partial charge in [0.2, 0.25) is 0 Å². The number of nitrogens with zero attached hydrogens (tertiary/aromatic N) is 1. The van der Waals surface area contributed by atoms with E-state index in [4.69, 9.17) is 4.42 Å². The van der Waals surface area contributed by atoms with Crippen molar-refractivity contribution in [1.82, 2.24) is 10.3 Å². The molecule has 6 heteroatoms. The maximum Gasteiger partial charge on any atom is 0.274 e. The highest BCUT2D eigenvalue weighted by molar-refractivity contribution is 6.05. The van der Waals surface area contributed by atoms with Crippen molar-refractivity contribution < 1.29 is 14.0 Å². The van der Waals surface area contributed by atoms with Crippen molar-refractivity contribution in [2.24, 2.45) is 0 Å². The summed E-state index contributed by atoms with van der Waals surface area (Å²) in [6.07, 6.45) is 2.99. The fourth-order valence-electron chi connectivity index (χ4n) is 2.57. The number of rotatable bonds is 5. The van der Waals surface area contributed by atoms with E-state index in [2.05, 4.69) is 15.6 Å². The van der Waals surface area contributed by atoms with Crippen molar-refractivity contribution in [3.63, 3.8) is 0 Å². The smallest absolute Gasteiger partial charge is 0.274 e. The third kappa shape index (κ3) is 3.97. The molecule has 0 aliphatic carbocycles. The molecule has 1 aromatic carbocycles. The Morgan fingerprint density at radius 3 is 2.50 bits per heavy atom. The summed E-state index contributed by atoms with van der Waals surface area (Å²) in [5, 5.41) is 5.61. The lowest BCUT2D eigenvalue weighted by Gasteiger charge is -2.11. The number of nitrogens with one attached hydrogen (secondary N) is 2. The first-order chi connectivity index (χ1) is 12.5. The van der Waals surface area contributed by atoms with Crippen LogP contribution in [0, 0.1) is 13.8 Å². The Hall–Kier alpha value is -3.41. The van der Waals surface area contributed by atoms with Crippen LogP contribution in [0.25, 0.3) is 0 Å². The van der Waals surface area contributed by atoms with Crippen molar-refractivity contribution >= 4 is 17.5 Å². The van der Waals surface area contributed by atoms with E-state index in [0.29, 0.717) is 11.3 Å². The minimum atomic E-state index is -0.358. The number of hydrogen-bond acceptors (Lipinski definition) is 4. The van der Waals surface area contributed by atoms with E-state index in [9.17, 15) is 9.59 Å². The monoisotopic (exact) mass is 349 g/mol. The van der Waals surface area contributed by atoms with Gasteiger partial charge in [0.05, 0.1) is 12.8 Å². The highest BCUT2D eigenvalue weighted by Crippen LogP contribution is 2.20. The fourth-order valence-corrected chi connectivity index (χ4v) is 2.57. The SMILES string of the molecule is Cc1cccc(C)c1NC(=O)c1cc(C(=O)NCc2ccco2)ccn1. The normalized spacial score (nSPS) is 10.4. The lowest BCUT2D eigenvalue weighted by atomic mass is 10.1. The first-order valence-corrected chi connectivity index (χ1v) is 8.19. The summed E-state index contributed by atoms with van der Waals surface area (Å²) in [4.78, 5) is 28.9. The predicted octanol–water partition coefficient (Wildman–Crippen LogP) is 3.47. The number of hydrogen-bond donors (Lipinski definition) is 2. The van der Waals surface area contributed by atoms with Gasteiger partial charge in [-0.15, -0.1) is 0 Å². The van der Waals surface area contributed by atoms with Crippen LogP contribution in [0.4, 0.5) is 5.69 Å². The lowest BCUT2D eigenvalue weighted by Crippen LogP contribution is -2.23. The molecule has 0 spiro atoms. The number of carbonyl (C=O) groups is 2. The minimum Gasteiger partial charge on any atom is -0.467 e. The van der Waals surface area contributed by atoms with Gasteiger partial charge in [0, 0.05) is 17.4 Å². The summed E-state index contributed by atoms with van der Waals surface area (Å²) in [6, 6.07) is 12.3. The molecule has 0 saturated carbocycles. The third-order valence-electron chi connectivity index (χ3n) is 3.98. The highest BCUT2D eigenvalue weighted by Gasteiger charge is 2.14. The van der Waals surface area contributed by atoms with Gasteiger partial charge in [0.25, 0.3) is 11.8 Å². The largest absolute Gasteiger partial charge is 0.467 e. The maximum atomic E-state index is 12.5. The van der Waals surface area contributed by atoms with Gasteiger partial charge in [-0.2, -0.15) is 0 Å². The van der Waals surface area contributed by atoms with Crippen LogP contribution in [0.3, 0.4) is 0 Å². The number of furan rings is 1. The Balaban J connectivity index is 1.72. The van der Waals surface area contributed by atoms with Crippen LogP contribution in [0.15, 0.2) is 59.3 Å². The van der Waals surface area contributed by atoms with Gasteiger partial charge >= 0.3 is 0 Å². The molecule has 132 valence electrons. The molecule has 0 atom stereocenters. The van der Waals surface area contributed by atoms with E-state index in [1.165, 1.54) is 12.3 Å². The molecule has 2 aromatic heterocycles. The molecule has 0 radical (unpaired) electrons. The van der Waals surface area contributed by atoms with E-state index in [1.807, 2.05) is 32.0 Å². The highest BCUT2D eigenvalue weighted by atomic mass is 16.3. The summed E-state index contributed by atoms with van der Waals surface area (Å²) in [5.41, 5.74) is 3.22. The Bertz CT molecular complexity index is 913. The zero-order valence-electron chi connectivity index (χ0n) is 14.6. The van der Waals surface area contributed by atoms with Gasteiger partial charge in [-0.1, -0.05) is 18.2 Å². The van der Waals surface area contributed by atoms with Gasteiger partial charge in [-0.05, 0) is 49.2 Å². The second-order valence-electron chi connectivity index (χ2n) is 5.91. The molecule has 0 bridgehead atoms. The van der Waals surface area contributed by atoms with Crippen molar-refractivity contribution in [3.05, 3.63) is 83.1 Å².